The third-order valence-corrected chi connectivity index (χ3v) is 6.42. The lowest BCUT2D eigenvalue weighted by Crippen LogP contribution is -2.41. The first-order valence-electron chi connectivity index (χ1n) is 7.94. The molecule has 1 heterocycles. The summed E-state index contributed by atoms with van der Waals surface area (Å²) in [6.07, 6.45) is 4.92. The number of nitrogens with zero attached hydrogens (tertiary/aromatic N) is 1. The minimum atomic E-state index is 0.171. The van der Waals surface area contributed by atoms with E-state index in [0.29, 0.717) is 17.7 Å². The van der Waals surface area contributed by atoms with Crippen LogP contribution in [0.15, 0.2) is 24.3 Å². The van der Waals surface area contributed by atoms with Crippen LogP contribution in [0.5, 0.6) is 0 Å². The molecular weight excluding hydrogens is 312 g/mol. The van der Waals surface area contributed by atoms with Crippen LogP contribution < -0.4 is 5.32 Å². The first-order chi connectivity index (χ1) is 10.7. The molecule has 0 unspecified atom stereocenters. The van der Waals surface area contributed by atoms with E-state index >= 15 is 0 Å². The molecule has 1 aliphatic rings. The van der Waals surface area contributed by atoms with Gasteiger partial charge in [-0.05, 0) is 30.9 Å². The Balaban J connectivity index is 1.45. The Hall–Kier alpha value is -1.07. The van der Waals surface area contributed by atoms with Gasteiger partial charge >= 0.3 is 0 Å². The second-order valence-electron chi connectivity index (χ2n) is 6.00. The van der Waals surface area contributed by atoms with Crippen LogP contribution in [0.4, 0.5) is 0 Å². The normalized spacial score (nSPS) is 21.9. The van der Waals surface area contributed by atoms with Gasteiger partial charge in [0.1, 0.15) is 5.01 Å². The van der Waals surface area contributed by atoms with E-state index in [1.165, 1.54) is 24.0 Å². The number of para-hydroxylation sites is 1. The van der Waals surface area contributed by atoms with E-state index in [2.05, 4.69) is 23.3 Å². The van der Waals surface area contributed by atoms with Crippen LogP contribution in [0.3, 0.4) is 0 Å². The summed E-state index contributed by atoms with van der Waals surface area (Å²) in [6, 6.07) is 8.56. The zero-order valence-electron chi connectivity index (χ0n) is 12.9. The Morgan fingerprint density at radius 2 is 2.18 bits per heavy atom. The van der Waals surface area contributed by atoms with Gasteiger partial charge in [0.25, 0.3) is 0 Å². The average Bonchev–Trinajstić information content (AvgIpc) is 2.92. The highest BCUT2D eigenvalue weighted by atomic mass is 32.2. The standard InChI is InChI=1S/C17H22N2OS2/c1-12-6-2-3-7-13(12)18-16(20)10-21-11-17-19-14-8-4-5-9-15(14)22-17/h4-5,8-9,12-13H,2-3,6-7,10-11H2,1H3,(H,18,20)/t12-,13+/m0/s1. The van der Waals surface area contributed by atoms with Gasteiger partial charge in [-0.15, -0.1) is 23.1 Å². The molecule has 0 aliphatic heterocycles. The van der Waals surface area contributed by atoms with Gasteiger partial charge in [0.05, 0.1) is 16.0 Å². The fourth-order valence-corrected chi connectivity index (χ4v) is 4.85. The minimum Gasteiger partial charge on any atom is -0.352 e. The lowest BCUT2D eigenvalue weighted by molar-refractivity contribution is -0.119. The number of benzene rings is 1. The molecular formula is C17H22N2OS2. The Labute approximate surface area is 139 Å². The Kier molecular flexibility index (Phi) is 5.37. The summed E-state index contributed by atoms with van der Waals surface area (Å²) in [6.45, 7) is 2.25. The summed E-state index contributed by atoms with van der Waals surface area (Å²) < 4.78 is 1.22. The number of hydrogen-bond donors (Lipinski definition) is 1. The molecule has 1 aromatic heterocycles. The number of nitrogens with one attached hydrogen (secondary N) is 1. The number of amides is 1. The third-order valence-electron chi connectivity index (χ3n) is 4.25. The number of aromatic nitrogens is 1. The summed E-state index contributed by atoms with van der Waals surface area (Å²) in [7, 11) is 0. The van der Waals surface area contributed by atoms with Crippen molar-refractivity contribution in [2.75, 3.05) is 5.75 Å². The van der Waals surface area contributed by atoms with E-state index in [1.54, 1.807) is 23.1 Å². The molecule has 0 spiro atoms. The SMILES string of the molecule is C[C@H]1CCCC[C@H]1NC(=O)CSCc1nc2ccccc2s1. The van der Waals surface area contributed by atoms with Crippen molar-refractivity contribution in [3.63, 3.8) is 0 Å². The molecule has 2 aromatic rings. The zero-order chi connectivity index (χ0) is 15.4. The molecule has 1 saturated carbocycles. The van der Waals surface area contributed by atoms with E-state index in [1.807, 2.05) is 18.2 Å². The predicted molar refractivity (Wildman–Crippen MR) is 95.3 cm³/mol. The molecule has 1 N–H and O–H groups in total. The van der Waals surface area contributed by atoms with Crippen molar-refractivity contribution < 1.29 is 4.79 Å². The molecule has 1 fully saturated rings. The number of thioether (sulfide) groups is 1. The largest absolute Gasteiger partial charge is 0.352 e. The maximum Gasteiger partial charge on any atom is 0.230 e. The fourth-order valence-electron chi connectivity index (χ4n) is 2.99. The maximum absolute atomic E-state index is 12.1. The van der Waals surface area contributed by atoms with Crippen molar-refractivity contribution in [1.82, 2.24) is 10.3 Å². The highest BCUT2D eigenvalue weighted by molar-refractivity contribution is 7.99. The topological polar surface area (TPSA) is 42.0 Å². The predicted octanol–water partition coefficient (Wildman–Crippen LogP) is 4.22. The van der Waals surface area contributed by atoms with Crippen LogP contribution in [-0.2, 0) is 10.5 Å². The quantitative estimate of drug-likeness (QED) is 0.890. The van der Waals surface area contributed by atoms with E-state index in [0.717, 1.165) is 22.7 Å². The van der Waals surface area contributed by atoms with Crippen LogP contribution in [0, 0.1) is 5.92 Å². The molecule has 3 rings (SSSR count). The Morgan fingerprint density at radius 3 is 3.00 bits per heavy atom. The van der Waals surface area contributed by atoms with Crippen molar-refractivity contribution in [2.24, 2.45) is 5.92 Å². The summed E-state index contributed by atoms with van der Waals surface area (Å²) in [5, 5.41) is 4.31. The highest BCUT2D eigenvalue weighted by Crippen LogP contribution is 2.25. The molecule has 3 nitrogen and oxygen atoms in total. The molecule has 1 amide bonds. The maximum atomic E-state index is 12.1. The van der Waals surface area contributed by atoms with E-state index in [9.17, 15) is 4.79 Å². The summed E-state index contributed by atoms with van der Waals surface area (Å²) in [5.41, 5.74) is 1.06. The van der Waals surface area contributed by atoms with Crippen LogP contribution in [0.25, 0.3) is 10.2 Å². The number of carbonyl (C=O) groups is 1. The molecule has 1 aliphatic carbocycles. The molecule has 1 aromatic carbocycles. The van der Waals surface area contributed by atoms with Crippen LogP contribution in [0.2, 0.25) is 0 Å². The van der Waals surface area contributed by atoms with Crippen molar-refractivity contribution in [3.8, 4) is 0 Å². The molecule has 118 valence electrons. The third kappa shape index (κ3) is 4.02. The van der Waals surface area contributed by atoms with Crippen LogP contribution in [-0.4, -0.2) is 22.7 Å². The van der Waals surface area contributed by atoms with E-state index < -0.39 is 0 Å². The molecule has 22 heavy (non-hydrogen) atoms. The average molecular weight is 335 g/mol. The molecule has 2 atom stereocenters. The molecule has 0 radical (unpaired) electrons. The van der Waals surface area contributed by atoms with Gasteiger partial charge in [-0.2, -0.15) is 0 Å². The van der Waals surface area contributed by atoms with E-state index in [-0.39, 0.29) is 5.91 Å². The van der Waals surface area contributed by atoms with Gasteiger partial charge in [-0.25, -0.2) is 4.98 Å². The lowest BCUT2D eigenvalue weighted by Gasteiger charge is -2.29. The Bertz CT molecular complexity index is 607. The number of fused-ring (bicyclic) bond motifs is 1. The first-order valence-corrected chi connectivity index (χ1v) is 9.91. The number of carbonyl (C=O) groups excluding carboxylic acids is 1. The van der Waals surface area contributed by atoms with Crippen molar-refractivity contribution in [2.45, 2.75) is 44.4 Å². The van der Waals surface area contributed by atoms with Gasteiger partial charge in [0.2, 0.25) is 5.91 Å². The summed E-state index contributed by atoms with van der Waals surface area (Å²) in [4.78, 5) is 16.7. The summed E-state index contributed by atoms with van der Waals surface area (Å²) >= 11 is 3.38. The van der Waals surface area contributed by atoms with Gasteiger partial charge in [0, 0.05) is 11.8 Å². The smallest absolute Gasteiger partial charge is 0.230 e. The van der Waals surface area contributed by atoms with E-state index in [4.69, 9.17) is 0 Å². The zero-order valence-corrected chi connectivity index (χ0v) is 14.5. The van der Waals surface area contributed by atoms with Gasteiger partial charge < -0.3 is 5.32 Å². The van der Waals surface area contributed by atoms with Crippen molar-refractivity contribution >= 4 is 39.2 Å². The van der Waals surface area contributed by atoms with Crippen molar-refractivity contribution in [3.05, 3.63) is 29.3 Å². The fraction of sp³-hybridized carbons (Fsp3) is 0.529. The number of hydrogen-bond acceptors (Lipinski definition) is 4. The van der Waals surface area contributed by atoms with Crippen LogP contribution >= 0.6 is 23.1 Å². The number of rotatable bonds is 5. The molecule has 0 saturated heterocycles. The van der Waals surface area contributed by atoms with Crippen molar-refractivity contribution in [1.29, 1.82) is 0 Å². The van der Waals surface area contributed by atoms with Crippen LogP contribution in [0.1, 0.15) is 37.6 Å². The molecule has 0 bridgehead atoms. The Morgan fingerprint density at radius 1 is 1.36 bits per heavy atom. The summed E-state index contributed by atoms with van der Waals surface area (Å²) in [5.74, 6) is 2.13. The molecule has 5 heteroatoms. The monoisotopic (exact) mass is 334 g/mol. The van der Waals surface area contributed by atoms with Gasteiger partial charge in [-0.1, -0.05) is 31.9 Å². The van der Waals surface area contributed by atoms with Gasteiger partial charge in [0.15, 0.2) is 0 Å². The van der Waals surface area contributed by atoms with Gasteiger partial charge in [-0.3, -0.25) is 4.79 Å². The lowest BCUT2D eigenvalue weighted by atomic mass is 9.86. The second kappa shape index (κ2) is 7.47. The highest BCUT2D eigenvalue weighted by Gasteiger charge is 2.22. The second-order valence-corrected chi connectivity index (χ2v) is 8.10. The first kappa shape index (κ1) is 15.8. The number of thiazole rings is 1. The minimum absolute atomic E-state index is 0.171.